The van der Waals surface area contributed by atoms with E-state index in [4.69, 9.17) is 14.7 Å². The first-order valence-electron chi connectivity index (χ1n) is 10.2. The predicted molar refractivity (Wildman–Crippen MR) is 113 cm³/mol. The van der Waals surface area contributed by atoms with Gasteiger partial charge in [-0.3, -0.25) is 9.58 Å². The molecule has 4 rings (SSSR count). The van der Waals surface area contributed by atoms with Crippen molar-refractivity contribution < 1.29 is 4.74 Å². The highest BCUT2D eigenvalue weighted by atomic mass is 16.5. The molecule has 0 saturated carbocycles. The summed E-state index contributed by atoms with van der Waals surface area (Å²) in [5.74, 6) is 1.47. The number of nitrogens with one attached hydrogen (secondary N) is 1. The lowest BCUT2D eigenvalue weighted by molar-refractivity contribution is 0.0398. The van der Waals surface area contributed by atoms with E-state index in [9.17, 15) is 0 Å². The maximum absolute atomic E-state index is 5.43. The summed E-state index contributed by atoms with van der Waals surface area (Å²) in [6.45, 7) is 13.6. The summed E-state index contributed by atoms with van der Waals surface area (Å²) in [5.41, 5.74) is 4.63. The van der Waals surface area contributed by atoms with Crippen molar-refractivity contribution in [3.8, 4) is 11.4 Å². The first-order valence-corrected chi connectivity index (χ1v) is 10.2. The molecule has 1 aliphatic heterocycles. The molecule has 0 aromatic carbocycles. The quantitative estimate of drug-likeness (QED) is 0.681. The summed E-state index contributed by atoms with van der Waals surface area (Å²) >= 11 is 0. The molecule has 0 atom stereocenters. The Morgan fingerprint density at radius 2 is 1.93 bits per heavy atom. The fraction of sp³-hybridized carbons (Fsp3) is 0.600. The third-order valence-electron chi connectivity index (χ3n) is 5.53. The number of hydrogen-bond acceptors (Lipinski definition) is 7. The number of imidazole rings is 1. The van der Waals surface area contributed by atoms with Crippen LogP contribution in [0.5, 0.6) is 0 Å². The molecule has 0 amide bonds. The fourth-order valence-corrected chi connectivity index (χ4v) is 3.78. The summed E-state index contributed by atoms with van der Waals surface area (Å²) in [7, 11) is 1.95. The lowest BCUT2D eigenvalue weighted by Crippen LogP contribution is -2.39. The van der Waals surface area contributed by atoms with E-state index in [0.717, 1.165) is 73.3 Å². The number of aryl methyl sites for hydroxylation is 2. The molecule has 1 aliphatic rings. The van der Waals surface area contributed by atoms with Gasteiger partial charge < -0.3 is 14.6 Å². The zero-order chi connectivity index (χ0) is 20.5. The minimum Gasteiger partial charge on any atom is -0.379 e. The standard InChI is InChI=1S/C20H30N8O/c1-13(2)28-12-22-17-19(21-6-7-27-8-10-29-11-9-27)23-18(24-20(17)28)16-14(3)25-26(5)15(16)4/h12-13H,6-11H2,1-5H3,(H,21,23,24). The topological polar surface area (TPSA) is 85.9 Å². The molecule has 1 saturated heterocycles. The molecule has 9 heteroatoms. The van der Waals surface area contributed by atoms with Gasteiger partial charge >= 0.3 is 0 Å². The van der Waals surface area contributed by atoms with E-state index in [-0.39, 0.29) is 6.04 Å². The second-order valence-electron chi connectivity index (χ2n) is 7.86. The Bertz CT molecular complexity index is 1000. The lowest BCUT2D eigenvalue weighted by atomic mass is 10.2. The first kappa shape index (κ1) is 19.8. The van der Waals surface area contributed by atoms with Gasteiger partial charge in [-0.05, 0) is 27.7 Å². The van der Waals surface area contributed by atoms with Gasteiger partial charge in [-0.15, -0.1) is 0 Å². The fourth-order valence-electron chi connectivity index (χ4n) is 3.78. The van der Waals surface area contributed by atoms with Crippen LogP contribution in [-0.4, -0.2) is 73.6 Å². The number of anilines is 1. The molecule has 156 valence electrons. The van der Waals surface area contributed by atoms with Gasteiger partial charge in [0.05, 0.1) is 30.8 Å². The second-order valence-corrected chi connectivity index (χ2v) is 7.86. The molecule has 1 N–H and O–H groups in total. The van der Waals surface area contributed by atoms with Crippen LogP contribution in [-0.2, 0) is 11.8 Å². The SMILES string of the molecule is Cc1nn(C)c(C)c1-c1nc(NCCN2CCOCC2)c2ncn(C(C)C)c2n1. The predicted octanol–water partition coefficient (Wildman–Crippen LogP) is 2.17. The Balaban J connectivity index is 1.70. The Morgan fingerprint density at radius 3 is 2.59 bits per heavy atom. The van der Waals surface area contributed by atoms with E-state index in [0.29, 0.717) is 5.82 Å². The van der Waals surface area contributed by atoms with E-state index in [1.54, 1.807) is 0 Å². The number of aromatic nitrogens is 6. The van der Waals surface area contributed by atoms with Crippen molar-refractivity contribution in [3.63, 3.8) is 0 Å². The summed E-state index contributed by atoms with van der Waals surface area (Å²) in [5, 5.41) is 8.05. The van der Waals surface area contributed by atoms with Crippen molar-refractivity contribution >= 4 is 17.0 Å². The largest absolute Gasteiger partial charge is 0.379 e. The van der Waals surface area contributed by atoms with Crippen LogP contribution < -0.4 is 5.32 Å². The van der Waals surface area contributed by atoms with E-state index in [1.807, 2.05) is 31.9 Å². The maximum Gasteiger partial charge on any atom is 0.167 e. The minimum atomic E-state index is 0.264. The number of ether oxygens (including phenoxy) is 1. The summed E-state index contributed by atoms with van der Waals surface area (Å²) in [6, 6.07) is 0.264. The third kappa shape index (κ3) is 3.84. The van der Waals surface area contributed by atoms with E-state index < -0.39 is 0 Å². The molecule has 3 aromatic rings. The Labute approximate surface area is 171 Å². The first-order chi connectivity index (χ1) is 14.0. The van der Waals surface area contributed by atoms with Gasteiger partial charge in [-0.25, -0.2) is 15.0 Å². The Hall–Kier alpha value is -2.52. The van der Waals surface area contributed by atoms with Gasteiger partial charge in [0.15, 0.2) is 17.3 Å². The molecule has 0 bridgehead atoms. The van der Waals surface area contributed by atoms with Crippen LogP contribution in [0.3, 0.4) is 0 Å². The van der Waals surface area contributed by atoms with Crippen molar-refractivity contribution in [2.24, 2.45) is 7.05 Å². The normalized spacial score (nSPS) is 15.5. The van der Waals surface area contributed by atoms with Crippen LogP contribution in [0.2, 0.25) is 0 Å². The highest BCUT2D eigenvalue weighted by molar-refractivity contribution is 5.85. The molecule has 3 aromatic heterocycles. The Kier molecular flexibility index (Phi) is 5.51. The summed E-state index contributed by atoms with van der Waals surface area (Å²) in [6.07, 6.45) is 1.85. The average Bonchev–Trinajstić information content (AvgIpc) is 3.23. The average molecular weight is 399 g/mol. The van der Waals surface area contributed by atoms with Gasteiger partial charge in [0, 0.05) is 45.0 Å². The highest BCUT2D eigenvalue weighted by Gasteiger charge is 2.20. The molecule has 4 heterocycles. The van der Waals surface area contributed by atoms with E-state index in [1.165, 1.54) is 0 Å². The molecular weight excluding hydrogens is 368 g/mol. The van der Waals surface area contributed by atoms with Crippen LogP contribution in [0.1, 0.15) is 31.3 Å². The van der Waals surface area contributed by atoms with Crippen LogP contribution in [0.25, 0.3) is 22.6 Å². The van der Waals surface area contributed by atoms with Gasteiger partial charge in [0.1, 0.15) is 5.52 Å². The van der Waals surface area contributed by atoms with Crippen LogP contribution in [0, 0.1) is 13.8 Å². The minimum absolute atomic E-state index is 0.264. The van der Waals surface area contributed by atoms with Crippen molar-refractivity contribution in [2.75, 3.05) is 44.7 Å². The monoisotopic (exact) mass is 398 g/mol. The van der Waals surface area contributed by atoms with Crippen molar-refractivity contribution in [3.05, 3.63) is 17.7 Å². The second kappa shape index (κ2) is 8.08. The highest BCUT2D eigenvalue weighted by Crippen LogP contribution is 2.29. The number of fused-ring (bicyclic) bond motifs is 1. The van der Waals surface area contributed by atoms with Crippen molar-refractivity contribution in [1.82, 2.24) is 34.2 Å². The molecule has 0 spiro atoms. The molecule has 0 radical (unpaired) electrons. The molecule has 1 fully saturated rings. The van der Waals surface area contributed by atoms with E-state index in [2.05, 4.69) is 38.7 Å². The van der Waals surface area contributed by atoms with Gasteiger partial charge in [-0.2, -0.15) is 5.10 Å². The number of morpholine rings is 1. The van der Waals surface area contributed by atoms with Gasteiger partial charge in [0.25, 0.3) is 0 Å². The van der Waals surface area contributed by atoms with E-state index >= 15 is 0 Å². The summed E-state index contributed by atoms with van der Waals surface area (Å²) < 4.78 is 9.40. The Morgan fingerprint density at radius 1 is 1.17 bits per heavy atom. The molecule has 0 aliphatic carbocycles. The number of rotatable bonds is 6. The molecular formula is C20H30N8O. The van der Waals surface area contributed by atoms with Gasteiger partial charge in [0.2, 0.25) is 0 Å². The molecule has 29 heavy (non-hydrogen) atoms. The smallest absolute Gasteiger partial charge is 0.167 e. The van der Waals surface area contributed by atoms with Crippen molar-refractivity contribution in [2.45, 2.75) is 33.7 Å². The van der Waals surface area contributed by atoms with Gasteiger partial charge in [-0.1, -0.05) is 0 Å². The maximum atomic E-state index is 5.43. The van der Waals surface area contributed by atoms with Crippen LogP contribution in [0.4, 0.5) is 5.82 Å². The van der Waals surface area contributed by atoms with Crippen molar-refractivity contribution in [1.29, 1.82) is 0 Å². The summed E-state index contributed by atoms with van der Waals surface area (Å²) in [4.78, 5) is 16.8. The number of nitrogens with zero attached hydrogens (tertiary/aromatic N) is 7. The number of hydrogen-bond donors (Lipinski definition) is 1. The van der Waals surface area contributed by atoms with Crippen LogP contribution >= 0.6 is 0 Å². The zero-order valence-corrected chi connectivity index (χ0v) is 17.9. The van der Waals surface area contributed by atoms with Crippen LogP contribution in [0.15, 0.2) is 6.33 Å². The lowest BCUT2D eigenvalue weighted by Gasteiger charge is -2.26. The zero-order valence-electron chi connectivity index (χ0n) is 17.9. The third-order valence-corrected chi connectivity index (χ3v) is 5.53. The molecule has 9 nitrogen and oxygen atoms in total. The molecule has 0 unspecified atom stereocenters.